The highest BCUT2D eigenvalue weighted by molar-refractivity contribution is 7.99. The van der Waals surface area contributed by atoms with E-state index in [1.54, 1.807) is 20.8 Å². The Morgan fingerprint density at radius 2 is 1.53 bits per heavy atom. The number of alkyl carbamates (subject to hydrolysis) is 1. The van der Waals surface area contributed by atoms with Gasteiger partial charge in [0.25, 0.3) is 0 Å². The SMILES string of the molecule is CC(C)=CCC/C(C)=C/CC/C(C)=C/CSCC(NC(=O)CCNC(=O)OC(C)(C)C)C(=O)O. The molecule has 0 heterocycles. The largest absolute Gasteiger partial charge is 0.480 e. The van der Waals surface area contributed by atoms with Crippen LogP contribution in [0.1, 0.15) is 80.6 Å². The Morgan fingerprint density at radius 3 is 2.09 bits per heavy atom. The number of carbonyl (C=O) groups is 3. The lowest BCUT2D eigenvalue weighted by atomic mass is 10.1. The molecule has 0 aliphatic carbocycles. The zero-order chi connectivity index (χ0) is 26.1. The molecule has 0 saturated heterocycles. The van der Waals surface area contributed by atoms with E-state index < -0.39 is 29.6 Å². The third-order valence-corrected chi connectivity index (χ3v) is 5.58. The molecule has 8 heteroatoms. The first kappa shape index (κ1) is 31.8. The summed E-state index contributed by atoms with van der Waals surface area (Å²) in [6.07, 6.45) is 10.2. The maximum absolute atomic E-state index is 12.0. The van der Waals surface area contributed by atoms with Gasteiger partial charge in [-0.25, -0.2) is 9.59 Å². The highest BCUT2D eigenvalue weighted by Crippen LogP contribution is 2.13. The number of amides is 2. The van der Waals surface area contributed by atoms with E-state index in [9.17, 15) is 19.5 Å². The molecule has 0 saturated carbocycles. The van der Waals surface area contributed by atoms with E-state index in [0.717, 1.165) is 25.7 Å². The Balaban J connectivity index is 4.25. The predicted octanol–water partition coefficient (Wildman–Crippen LogP) is 5.62. The third kappa shape index (κ3) is 19.3. The van der Waals surface area contributed by atoms with Gasteiger partial charge in [-0.05, 0) is 74.1 Å². The number of carbonyl (C=O) groups excluding carboxylic acids is 2. The topological polar surface area (TPSA) is 105 Å². The van der Waals surface area contributed by atoms with E-state index in [2.05, 4.69) is 56.6 Å². The molecule has 0 aromatic heterocycles. The van der Waals surface area contributed by atoms with Crippen LogP contribution < -0.4 is 10.6 Å². The molecule has 0 rings (SSSR count). The Labute approximate surface area is 209 Å². The minimum atomic E-state index is -1.07. The lowest BCUT2D eigenvalue weighted by molar-refractivity contribution is -0.141. The summed E-state index contributed by atoms with van der Waals surface area (Å²) in [6, 6.07) is -0.973. The first-order valence-electron chi connectivity index (χ1n) is 11.8. The van der Waals surface area contributed by atoms with E-state index >= 15 is 0 Å². The smallest absolute Gasteiger partial charge is 0.407 e. The van der Waals surface area contributed by atoms with Crippen molar-refractivity contribution in [3.05, 3.63) is 34.9 Å². The molecule has 0 radical (unpaired) electrons. The fourth-order valence-corrected chi connectivity index (χ4v) is 3.76. The third-order valence-electron chi connectivity index (χ3n) is 4.61. The summed E-state index contributed by atoms with van der Waals surface area (Å²) in [5.74, 6) is -0.541. The number of aliphatic carboxylic acids is 1. The number of hydrogen-bond donors (Lipinski definition) is 3. The molecule has 0 spiro atoms. The molecule has 0 aromatic rings. The van der Waals surface area contributed by atoms with Crippen molar-refractivity contribution in [2.75, 3.05) is 18.1 Å². The van der Waals surface area contributed by atoms with Crippen molar-refractivity contribution in [1.82, 2.24) is 10.6 Å². The van der Waals surface area contributed by atoms with Crippen molar-refractivity contribution in [2.45, 2.75) is 92.2 Å². The second kappa shape index (κ2) is 17.2. The molecule has 34 heavy (non-hydrogen) atoms. The van der Waals surface area contributed by atoms with Crippen LogP contribution in [-0.2, 0) is 14.3 Å². The van der Waals surface area contributed by atoms with Gasteiger partial charge in [-0.1, -0.05) is 34.9 Å². The first-order valence-corrected chi connectivity index (χ1v) is 13.0. The summed E-state index contributed by atoms with van der Waals surface area (Å²) in [5, 5.41) is 14.4. The van der Waals surface area contributed by atoms with Gasteiger partial charge >= 0.3 is 12.1 Å². The van der Waals surface area contributed by atoms with Crippen LogP contribution in [0.2, 0.25) is 0 Å². The number of allylic oxidation sites excluding steroid dienone is 5. The number of hydrogen-bond acceptors (Lipinski definition) is 5. The van der Waals surface area contributed by atoms with Crippen molar-refractivity contribution in [3.63, 3.8) is 0 Å². The second-order valence-corrected chi connectivity index (χ2v) is 10.7. The van der Waals surface area contributed by atoms with Gasteiger partial charge in [0.1, 0.15) is 11.6 Å². The van der Waals surface area contributed by atoms with Gasteiger partial charge in [0.05, 0.1) is 0 Å². The molecule has 3 N–H and O–H groups in total. The summed E-state index contributed by atoms with van der Waals surface area (Å²) >= 11 is 1.47. The minimum Gasteiger partial charge on any atom is -0.480 e. The molecule has 0 aliphatic heterocycles. The standard InChI is InChI=1S/C26H44N2O5S/c1-19(2)10-8-11-20(3)12-9-13-21(4)15-17-34-18-22(24(30)31)28-23(29)14-16-27-25(32)33-26(5,6)7/h10,12,15,22H,8-9,11,13-14,16-18H2,1-7H3,(H,27,32)(H,28,29)(H,30,31)/b20-12+,21-15+. The van der Waals surface area contributed by atoms with Gasteiger partial charge in [-0.2, -0.15) is 11.8 Å². The van der Waals surface area contributed by atoms with Crippen LogP contribution in [0.4, 0.5) is 4.79 Å². The van der Waals surface area contributed by atoms with Gasteiger partial charge < -0.3 is 20.5 Å². The number of carboxylic acid groups (broad SMARTS) is 1. The average Bonchev–Trinajstić information content (AvgIpc) is 2.68. The molecule has 0 aromatic carbocycles. The van der Waals surface area contributed by atoms with E-state index in [0.29, 0.717) is 5.75 Å². The Morgan fingerprint density at radius 1 is 0.941 bits per heavy atom. The highest BCUT2D eigenvalue weighted by atomic mass is 32.2. The quantitative estimate of drug-likeness (QED) is 0.201. The van der Waals surface area contributed by atoms with Crippen molar-refractivity contribution >= 4 is 29.7 Å². The molecule has 1 unspecified atom stereocenters. The van der Waals surface area contributed by atoms with Crippen molar-refractivity contribution in [1.29, 1.82) is 0 Å². The molecule has 7 nitrogen and oxygen atoms in total. The predicted molar refractivity (Wildman–Crippen MR) is 141 cm³/mol. The molecule has 0 fully saturated rings. The molecule has 194 valence electrons. The molecule has 1 atom stereocenters. The number of thioether (sulfide) groups is 1. The monoisotopic (exact) mass is 496 g/mol. The zero-order valence-corrected chi connectivity index (χ0v) is 22.8. The van der Waals surface area contributed by atoms with Crippen molar-refractivity contribution < 1.29 is 24.2 Å². The first-order chi connectivity index (χ1) is 15.8. The van der Waals surface area contributed by atoms with Gasteiger partial charge in [0.15, 0.2) is 0 Å². The van der Waals surface area contributed by atoms with E-state index in [1.807, 2.05) is 0 Å². The van der Waals surface area contributed by atoms with Gasteiger partial charge in [-0.3, -0.25) is 4.79 Å². The van der Waals surface area contributed by atoms with Crippen LogP contribution in [0.5, 0.6) is 0 Å². The van der Waals surface area contributed by atoms with Crippen LogP contribution >= 0.6 is 11.8 Å². The lowest BCUT2D eigenvalue weighted by Gasteiger charge is -2.19. The van der Waals surface area contributed by atoms with Gasteiger partial charge in [-0.15, -0.1) is 0 Å². The van der Waals surface area contributed by atoms with E-state index in [-0.39, 0.29) is 18.7 Å². The number of carboxylic acids is 1. The molecule has 2 amide bonds. The van der Waals surface area contributed by atoms with Crippen LogP contribution in [0.3, 0.4) is 0 Å². The van der Waals surface area contributed by atoms with Crippen molar-refractivity contribution in [2.24, 2.45) is 0 Å². The van der Waals surface area contributed by atoms with Crippen molar-refractivity contribution in [3.8, 4) is 0 Å². The van der Waals surface area contributed by atoms with Gasteiger partial charge in [0, 0.05) is 24.5 Å². The Hall–Kier alpha value is -2.22. The van der Waals surface area contributed by atoms with Crippen LogP contribution in [-0.4, -0.2) is 52.8 Å². The number of rotatable bonds is 15. The lowest BCUT2D eigenvalue weighted by Crippen LogP contribution is -2.43. The minimum absolute atomic E-state index is 0.0199. The molecular weight excluding hydrogens is 452 g/mol. The summed E-state index contributed by atoms with van der Waals surface area (Å²) in [4.78, 5) is 35.1. The van der Waals surface area contributed by atoms with Crippen LogP contribution in [0, 0.1) is 0 Å². The molecular formula is C26H44N2O5S. The fourth-order valence-electron chi connectivity index (χ4n) is 2.76. The van der Waals surface area contributed by atoms with Gasteiger partial charge in [0.2, 0.25) is 5.91 Å². The number of nitrogens with one attached hydrogen (secondary N) is 2. The highest BCUT2D eigenvalue weighted by Gasteiger charge is 2.20. The van der Waals surface area contributed by atoms with Crippen LogP contribution in [0.25, 0.3) is 0 Å². The fraction of sp³-hybridized carbons (Fsp3) is 0.654. The van der Waals surface area contributed by atoms with Crippen LogP contribution in [0.15, 0.2) is 34.9 Å². The summed E-state index contributed by atoms with van der Waals surface area (Å²) in [6.45, 7) is 13.8. The maximum atomic E-state index is 12.0. The average molecular weight is 497 g/mol. The molecule has 0 aliphatic rings. The summed E-state index contributed by atoms with van der Waals surface area (Å²) < 4.78 is 5.09. The second-order valence-electron chi connectivity index (χ2n) is 9.63. The van der Waals surface area contributed by atoms with E-state index in [4.69, 9.17) is 4.74 Å². The molecule has 0 bridgehead atoms. The summed E-state index contributed by atoms with van der Waals surface area (Å²) in [7, 11) is 0. The maximum Gasteiger partial charge on any atom is 0.407 e. The normalized spacial score (nSPS) is 13.1. The van der Waals surface area contributed by atoms with E-state index in [1.165, 1.54) is 28.5 Å². The summed E-state index contributed by atoms with van der Waals surface area (Å²) in [5.41, 5.74) is 3.40. The number of ether oxygens (including phenoxy) is 1. The zero-order valence-electron chi connectivity index (χ0n) is 22.0. The Kier molecular flexibility index (Phi) is 16.1. The Bertz CT molecular complexity index is 747.